The number of carbonyl (C=O) groups excluding carboxylic acids is 1. The molecule has 21 heavy (non-hydrogen) atoms. The predicted octanol–water partition coefficient (Wildman–Crippen LogP) is 2.74. The SMILES string of the molecule is CCOC(=O)Cn1nc(C(C)C)c2cc(Cl)ccc2c1=O. The molecule has 5 nitrogen and oxygen atoms in total. The first kappa shape index (κ1) is 15.5. The van der Waals surface area contributed by atoms with Gasteiger partial charge >= 0.3 is 5.97 Å². The number of carbonyl (C=O) groups is 1. The van der Waals surface area contributed by atoms with Gasteiger partial charge in [-0.25, -0.2) is 4.68 Å². The number of fused-ring (bicyclic) bond motifs is 1. The lowest BCUT2D eigenvalue weighted by Crippen LogP contribution is -2.29. The molecule has 2 aromatic rings. The smallest absolute Gasteiger partial charge is 0.327 e. The first-order chi connectivity index (χ1) is 9.93. The zero-order chi connectivity index (χ0) is 15.6. The van der Waals surface area contributed by atoms with Crippen molar-refractivity contribution in [3.63, 3.8) is 0 Å². The first-order valence-corrected chi connectivity index (χ1v) is 7.17. The summed E-state index contributed by atoms with van der Waals surface area (Å²) in [5.74, 6) is -0.380. The third-order valence-electron chi connectivity index (χ3n) is 3.08. The van der Waals surface area contributed by atoms with E-state index in [0.717, 1.165) is 15.8 Å². The van der Waals surface area contributed by atoms with E-state index in [0.29, 0.717) is 10.4 Å². The lowest BCUT2D eigenvalue weighted by molar-refractivity contribution is -0.144. The molecular weight excluding hydrogens is 292 g/mol. The summed E-state index contributed by atoms with van der Waals surface area (Å²) in [4.78, 5) is 24.0. The van der Waals surface area contributed by atoms with Crippen molar-refractivity contribution in [2.75, 3.05) is 6.61 Å². The molecular formula is C15H17ClN2O3. The Bertz CT molecular complexity index is 738. The van der Waals surface area contributed by atoms with Gasteiger partial charge in [0, 0.05) is 10.4 Å². The maximum atomic E-state index is 12.4. The molecule has 1 heterocycles. The Balaban J connectivity index is 2.63. The van der Waals surface area contributed by atoms with Gasteiger partial charge in [0.25, 0.3) is 5.56 Å². The average Bonchev–Trinajstić information content (AvgIpc) is 2.41. The molecule has 0 aliphatic heterocycles. The highest BCUT2D eigenvalue weighted by Gasteiger charge is 2.15. The van der Waals surface area contributed by atoms with Gasteiger partial charge in [-0.1, -0.05) is 25.4 Å². The molecule has 0 saturated heterocycles. The number of aromatic nitrogens is 2. The summed E-state index contributed by atoms with van der Waals surface area (Å²) in [7, 11) is 0. The van der Waals surface area contributed by atoms with Gasteiger partial charge in [-0.3, -0.25) is 9.59 Å². The summed E-state index contributed by atoms with van der Waals surface area (Å²) >= 11 is 6.00. The highest BCUT2D eigenvalue weighted by molar-refractivity contribution is 6.31. The van der Waals surface area contributed by atoms with Crippen molar-refractivity contribution in [3.8, 4) is 0 Å². The molecule has 0 bridgehead atoms. The first-order valence-electron chi connectivity index (χ1n) is 6.80. The van der Waals surface area contributed by atoms with Crippen molar-refractivity contribution in [1.82, 2.24) is 9.78 Å². The van der Waals surface area contributed by atoms with Crippen LogP contribution < -0.4 is 5.56 Å². The highest BCUT2D eigenvalue weighted by Crippen LogP contribution is 2.24. The van der Waals surface area contributed by atoms with Crippen LogP contribution in [-0.2, 0) is 16.1 Å². The van der Waals surface area contributed by atoms with Gasteiger partial charge in [0.15, 0.2) is 0 Å². The number of rotatable bonds is 4. The molecule has 0 aliphatic rings. The largest absolute Gasteiger partial charge is 0.465 e. The van der Waals surface area contributed by atoms with Crippen LogP contribution in [0.1, 0.15) is 32.4 Å². The second kappa shape index (κ2) is 6.26. The Morgan fingerprint density at radius 3 is 2.71 bits per heavy atom. The Labute approximate surface area is 127 Å². The van der Waals surface area contributed by atoms with Crippen LogP contribution in [-0.4, -0.2) is 22.4 Å². The van der Waals surface area contributed by atoms with Crippen LogP contribution in [0.4, 0.5) is 0 Å². The summed E-state index contributed by atoms with van der Waals surface area (Å²) in [6.45, 7) is 5.75. The fourth-order valence-corrected chi connectivity index (χ4v) is 2.32. The number of benzene rings is 1. The van der Waals surface area contributed by atoms with Gasteiger partial charge in [-0.2, -0.15) is 5.10 Å². The molecule has 2 rings (SSSR count). The number of esters is 1. The molecule has 112 valence electrons. The zero-order valence-electron chi connectivity index (χ0n) is 12.2. The molecule has 0 unspecified atom stereocenters. The van der Waals surface area contributed by atoms with E-state index in [9.17, 15) is 9.59 Å². The monoisotopic (exact) mass is 308 g/mol. The Morgan fingerprint density at radius 1 is 1.38 bits per heavy atom. The molecule has 0 amide bonds. The Kier molecular flexibility index (Phi) is 4.63. The molecule has 0 spiro atoms. The van der Waals surface area contributed by atoms with E-state index in [-0.39, 0.29) is 24.6 Å². The van der Waals surface area contributed by atoms with E-state index < -0.39 is 5.97 Å². The van der Waals surface area contributed by atoms with E-state index in [2.05, 4.69) is 5.10 Å². The van der Waals surface area contributed by atoms with Crippen molar-refractivity contribution in [2.45, 2.75) is 33.2 Å². The Hall–Kier alpha value is -1.88. The van der Waals surface area contributed by atoms with Gasteiger partial charge in [0.2, 0.25) is 0 Å². The number of hydrogen-bond donors (Lipinski definition) is 0. The molecule has 1 aromatic carbocycles. The van der Waals surface area contributed by atoms with Crippen LogP contribution in [0.3, 0.4) is 0 Å². The fraction of sp³-hybridized carbons (Fsp3) is 0.400. The number of halogens is 1. The quantitative estimate of drug-likeness (QED) is 0.815. The molecule has 6 heteroatoms. The number of ether oxygens (including phenoxy) is 1. The average molecular weight is 309 g/mol. The lowest BCUT2D eigenvalue weighted by Gasteiger charge is -2.13. The van der Waals surface area contributed by atoms with Crippen LogP contribution >= 0.6 is 11.6 Å². The molecule has 0 fully saturated rings. The van der Waals surface area contributed by atoms with Crippen molar-refractivity contribution in [1.29, 1.82) is 0 Å². The van der Waals surface area contributed by atoms with E-state index in [4.69, 9.17) is 16.3 Å². The van der Waals surface area contributed by atoms with Gasteiger partial charge in [0.1, 0.15) is 6.54 Å². The second-order valence-corrected chi connectivity index (χ2v) is 5.43. The second-order valence-electron chi connectivity index (χ2n) is 5.00. The Morgan fingerprint density at radius 2 is 2.10 bits per heavy atom. The molecule has 0 aliphatic carbocycles. The molecule has 0 atom stereocenters. The van der Waals surface area contributed by atoms with Gasteiger partial charge < -0.3 is 4.74 Å². The lowest BCUT2D eigenvalue weighted by atomic mass is 10.0. The maximum absolute atomic E-state index is 12.4. The summed E-state index contributed by atoms with van der Waals surface area (Å²) in [5.41, 5.74) is 0.413. The van der Waals surface area contributed by atoms with Crippen molar-refractivity contribution >= 4 is 28.3 Å². The van der Waals surface area contributed by atoms with Crippen LogP contribution in [0, 0.1) is 0 Å². The molecule has 0 radical (unpaired) electrons. The van der Waals surface area contributed by atoms with E-state index >= 15 is 0 Å². The summed E-state index contributed by atoms with van der Waals surface area (Å²) < 4.78 is 6.03. The van der Waals surface area contributed by atoms with Gasteiger partial charge in [-0.05, 0) is 31.0 Å². The van der Waals surface area contributed by atoms with Gasteiger partial charge in [0.05, 0.1) is 17.7 Å². The highest BCUT2D eigenvalue weighted by atomic mass is 35.5. The maximum Gasteiger partial charge on any atom is 0.327 e. The van der Waals surface area contributed by atoms with Gasteiger partial charge in [-0.15, -0.1) is 0 Å². The predicted molar refractivity (Wildman–Crippen MR) is 81.7 cm³/mol. The molecule has 1 aromatic heterocycles. The van der Waals surface area contributed by atoms with Crippen molar-refractivity contribution in [2.24, 2.45) is 0 Å². The summed E-state index contributed by atoms with van der Waals surface area (Å²) in [6, 6.07) is 5.05. The standard InChI is InChI=1S/C15H17ClN2O3/c1-4-21-13(19)8-18-15(20)11-6-5-10(16)7-12(11)14(17-18)9(2)3/h5-7,9H,4,8H2,1-3H3. The van der Waals surface area contributed by atoms with Crippen LogP contribution in [0.25, 0.3) is 10.8 Å². The normalized spacial score (nSPS) is 11.1. The van der Waals surface area contributed by atoms with Crippen molar-refractivity contribution < 1.29 is 9.53 Å². The third kappa shape index (κ3) is 3.24. The number of nitrogens with zero attached hydrogens (tertiary/aromatic N) is 2. The molecule has 0 saturated carbocycles. The van der Waals surface area contributed by atoms with E-state index in [1.54, 1.807) is 25.1 Å². The fourth-order valence-electron chi connectivity index (χ4n) is 2.15. The van der Waals surface area contributed by atoms with E-state index in [1.807, 2.05) is 13.8 Å². The van der Waals surface area contributed by atoms with Crippen LogP contribution in [0.15, 0.2) is 23.0 Å². The zero-order valence-corrected chi connectivity index (χ0v) is 13.0. The summed E-state index contributed by atoms with van der Waals surface area (Å²) in [5, 5.41) is 6.08. The number of hydrogen-bond acceptors (Lipinski definition) is 4. The molecule has 0 N–H and O–H groups in total. The van der Waals surface area contributed by atoms with Crippen LogP contribution in [0.5, 0.6) is 0 Å². The van der Waals surface area contributed by atoms with E-state index in [1.165, 1.54) is 0 Å². The third-order valence-corrected chi connectivity index (χ3v) is 3.32. The van der Waals surface area contributed by atoms with Crippen molar-refractivity contribution in [3.05, 3.63) is 39.3 Å². The summed E-state index contributed by atoms with van der Waals surface area (Å²) in [6.07, 6.45) is 0. The van der Waals surface area contributed by atoms with Crippen LogP contribution in [0.2, 0.25) is 5.02 Å². The minimum Gasteiger partial charge on any atom is -0.465 e. The topological polar surface area (TPSA) is 61.2 Å². The minimum atomic E-state index is -0.477. The minimum absolute atomic E-state index is 0.0972.